The minimum absolute atomic E-state index is 0.151. The number of hydrogen-bond donors (Lipinski definition) is 0. The molecule has 25 heavy (non-hydrogen) atoms. The van der Waals surface area contributed by atoms with Crippen LogP contribution in [0, 0.1) is 23.2 Å². The predicted molar refractivity (Wildman–Crippen MR) is 102 cm³/mol. The molecule has 6 rings (SSSR count). The molecule has 0 spiro atoms. The summed E-state index contributed by atoms with van der Waals surface area (Å²) in [6.07, 6.45) is 13.6. The van der Waals surface area contributed by atoms with E-state index in [1.54, 1.807) is 0 Å². The largest absolute Gasteiger partial charge is 0.465 e. The lowest BCUT2D eigenvalue weighted by atomic mass is 9.49. The molecule has 2 heterocycles. The topological polar surface area (TPSA) is 29.5 Å². The molecular formula is C21H32BrNO2. The first-order chi connectivity index (χ1) is 12.1. The van der Waals surface area contributed by atoms with Gasteiger partial charge in [0.1, 0.15) is 0 Å². The lowest BCUT2D eigenvalue weighted by Gasteiger charge is -2.58. The van der Waals surface area contributed by atoms with Gasteiger partial charge >= 0.3 is 5.97 Å². The quantitative estimate of drug-likeness (QED) is 0.506. The Morgan fingerprint density at radius 3 is 2.56 bits per heavy atom. The van der Waals surface area contributed by atoms with Crippen LogP contribution in [0.15, 0.2) is 0 Å². The highest BCUT2D eigenvalue weighted by atomic mass is 79.9. The summed E-state index contributed by atoms with van der Waals surface area (Å²) >= 11 is 4.02. The summed E-state index contributed by atoms with van der Waals surface area (Å²) in [5.74, 6) is 2.22. The zero-order valence-corrected chi connectivity index (χ0v) is 16.9. The van der Waals surface area contributed by atoms with E-state index in [0.717, 1.165) is 31.1 Å². The number of ether oxygens (including phenoxy) is 1. The van der Waals surface area contributed by atoms with Crippen molar-refractivity contribution in [2.75, 3.05) is 19.7 Å². The number of carbonyl (C=O) groups is 1. The smallest absolute Gasteiger partial charge is 0.312 e. The van der Waals surface area contributed by atoms with Gasteiger partial charge in [-0.2, -0.15) is 0 Å². The van der Waals surface area contributed by atoms with Crippen molar-refractivity contribution < 1.29 is 9.53 Å². The molecule has 6 atom stereocenters. The van der Waals surface area contributed by atoms with Crippen molar-refractivity contribution >= 4 is 21.9 Å². The van der Waals surface area contributed by atoms with Gasteiger partial charge in [0.05, 0.1) is 12.0 Å². The van der Waals surface area contributed by atoms with Crippen molar-refractivity contribution in [2.45, 2.75) is 81.0 Å². The summed E-state index contributed by atoms with van der Waals surface area (Å²) in [5.41, 5.74) is -0.158. The molecule has 6 fully saturated rings. The molecule has 3 unspecified atom stereocenters. The van der Waals surface area contributed by atoms with E-state index in [1.165, 1.54) is 64.5 Å². The van der Waals surface area contributed by atoms with Crippen LogP contribution in [-0.2, 0) is 9.53 Å². The van der Waals surface area contributed by atoms with E-state index in [9.17, 15) is 4.79 Å². The lowest BCUT2D eigenvalue weighted by molar-refractivity contribution is -0.172. The monoisotopic (exact) mass is 409 g/mol. The summed E-state index contributed by atoms with van der Waals surface area (Å²) < 4.78 is 6.31. The van der Waals surface area contributed by atoms with Gasteiger partial charge in [-0.1, -0.05) is 22.4 Å². The Balaban J connectivity index is 1.25. The van der Waals surface area contributed by atoms with Crippen LogP contribution in [-0.4, -0.2) is 40.9 Å². The van der Waals surface area contributed by atoms with Crippen LogP contribution >= 0.6 is 15.9 Å². The molecule has 6 aliphatic rings. The third-order valence-corrected chi connectivity index (χ3v) is 9.01. The van der Waals surface area contributed by atoms with Crippen LogP contribution in [0.1, 0.15) is 70.6 Å². The second kappa shape index (κ2) is 6.22. The van der Waals surface area contributed by atoms with Gasteiger partial charge in [-0.3, -0.25) is 9.69 Å². The number of rotatable bonds is 3. The molecule has 0 aromatic rings. The normalized spacial score (nSPS) is 49.0. The Morgan fingerprint density at radius 2 is 1.80 bits per heavy atom. The number of esters is 1. The fraction of sp³-hybridized carbons (Fsp3) is 0.952. The summed E-state index contributed by atoms with van der Waals surface area (Å²) in [7, 11) is 0. The average Bonchev–Trinajstić information content (AvgIpc) is 2.57. The number of hydrogen-bond acceptors (Lipinski definition) is 3. The third-order valence-electron chi connectivity index (χ3n) is 8.08. The first-order valence-corrected chi connectivity index (χ1v) is 11.4. The molecular weight excluding hydrogens is 378 g/mol. The van der Waals surface area contributed by atoms with E-state index in [-0.39, 0.29) is 15.7 Å². The Bertz CT molecular complexity index is 534. The van der Waals surface area contributed by atoms with Crippen LogP contribution in [0.3, 0.4) is 0 Å². The Labute approximate surface area is 160 Å². The predicted octanol–water partition coefficient (Wildman–Crippen LogP) is 4.53. The van der Waals surface area contributed by atoms with Crippen LogP contribution in [0.25, 0.3) is 0 Å². The van der Waals surface area contributed by atoms with E-state index in [0.29, 0.717) is 18.6 Å². The van der Waals surface area contributed by atoms with Gasteiger partial charge in [0, 0.05) is 16.3 Å². The number of nitrogens with zero attached hydrogens (tertiary/aromatic N) is 1. The first kappa shape index (κ1) is 17.0. The van der Waals surface area contributed by atoms with E-state index >= 15 is 0 Å². The Morgan fingerprint density at radius 1 is 1.04 bits per heavy atom. The highest BCUT2D eigenvalue weighted by molar-refractivity contribution is 9.10. The molecule has 140 valence electrons. The van der Waals surface area contributed by atoms with Gasteiger partial charge in [0.25, 0.3) is 0 Å². The van der Waals surface area contributed by atoms with E-state index < -0.39 is 0 Å². The van der Waals surface area contributed by atoms with Crippen molar-refractivity contribution in [1.29, 1.82) is 0 Å². The number of alkyl halides is 1. The molecule has 4 heteroatoms. The van der Waals surface area contributed by atoms with Gasteiger partial charge in [0.2, 0.25) is 0 Å². The van der Waals surface area contributed by atoms with Gasteiger partial charge in [-0.25, -0.2) is 0 Å². The van der Waals surface area contributed by atoms with Gasteiger partial charge < -0.3 is 4.74 Å². The highest BCUT2D eigenvalue weighted by Gasteiger charge is 2.60. The zero-order valence-electron chi connectivity index (χ0n) is 15.4. The molecule has 2 saturated heterocycles. The van der Waals surface area contributed by atoms with E-state index in [2.05, 4.69) is 20.8 Å². The van der Waals surface area contributed by atoms with Crippen molar-refractivity contribution in [3.05, 3.63) is 0 Å². The number of piperidine rings is 2. The second-order valence-corrected chi connectivity index (χ2v) is 11.7. The van der Waals surface area contributed by atoms with Crippen molar-refractivity contribution in [1.82, 2.24) is 4.90 Å². The minimum Gasteiger partial charge on any atom is -0.465 e. The summed E-state index contributed by atoms with van der Waals surface area (Å²) in [6, 6.07) is 0.675. The van der Waals surface area contributed by atoms with Crippen LogP contribution in [0.4, 0.5) is 0 Å². The van der Waals surface area contributed by atoms with Crippen LogP contribution in [0.2, 0.25) is 0 Å². The molecule has 4 saturated carbocycles. The molecule has 0 aromatic carbocycles. The molecule has 0 amide bonds. The maximum atomic E-state index is 13.2. The maximum absolute atomic E-state index is 13.2. The van der Waals surface area contributed by atoms with E-state index in [1.807, 2.05) is 0 Å². The molecule has 3 nitrogen and oxygen atoms in total. The van der Waals surface area contributed by atoms with Gasteiger partial charge in [0.15, 0.2) is 0 Å². The summed E-state index contributed by atoms with van der Waals surface area (Å²) in [4.78, 5) is 15.9. The molecule has 4 bridgehead atoms. The summed E-state index contributed by atoms with van der Waals surface area (Å²) in [6.45, 7) is 3.19. The SMILES string of the molecule is O=C(OC[C@H]1CCCN2CCCC[C@@H]12)C12CC3C[C@@H](CC(Br)(C3)C1)C2. The second-order valence-electron chi connectivity index (χ2n) is 9.99. The fourth-order valence-electron chi connectivity index (χ4n) is 7.50. The van der Waals surface area contributed by atoms with Crippen molar-refractivity contribution in [2.24, 2.45) is 23.2 Å². The average molecular weight is 410 g/mol. The number of halogens is 1. The number of carbonyl (C=O) groups excluding carboxylic acids is 1. The molecule has 0 N–H and O–H groups in total. The highest BCUT2D eigenvalue weighted by Crippen LogP contribution is 2.64. The lowest BCUT2D eigenvalue weighted by Crippen LogP contribution is -2.56. The Hall–Kier alpha value is -0.0900. The maximum Gasteiger partial charge on any atom is 0.312 e. The third kappa shape index (κ3) is 2.99. The minimum atomic E-state index is -0.158. The summed E-state index contributed by atoms with van der Waals surface area (Å²) in [5, 5.41) is 0. The van der Waals surface area contributed by atoms with Crippen LogP contribution in [0.5, 0.6) is 0 Å². The van der Waals surface area contributed by atoms with Crippen molar-refractivity contribution in [3.63, 3.8) is 0 Å². The van der Waals surface area contributed by atoms with E-state index in [4.69, 9.17) is 4.74 Å². The molecule has 2 aliphatic heterocycles. The fourth-order valence-corrected chi connectivity index (χ4v) is 8.95. The molecule has 4 aliphatic carbocycles. The Kier molecular flexibility index (Phi) is 4.24. The van der Waals surface area contributed by atoms with Gasteiger partial charge in [-0.15, -0.1) is 0 Å². The molecule has 0 radical (unpaired) electrons. The van der Waals surface area contributed by atoms with Crippen molar-refractivity contribution in [3.8, 4) is 0 Å². The molecule has 0 aromatic heterocycles. The zero-order chi connectivity index (χ0) is 17.1. The number of fused-ring (bicyclic) bond motifs is 1. The van der Waals surface area contributed by atoms with Gasteiger partial charge in [-0.05, 0) is 89.1 Å². The standard InChI is InChI=1S/C21H32BrNO2/c22-21-11-15-8-16(12-21)10-20(9-15,14-21)19(24)25-13-17-4-3-7-23-6-2-1-5-18(17)23/h15-18H,1-14H2/t15-,16?,17-,18+,20?,21?/m1/s1. The first-order valence-electron chi connectivity index (χ1n) is 10.7. The van der Waals surface area contributed by atoms with Crippen LogP contribution < -0.4 is 0 Å².